The van der Waals surface area contributed by atoms with Gasteiger partial charge < -0.3 is 20.1 Å². The first-order chi connectivity index (χ1) is 20.0. The molecule has 1 aromatic heterocycles. The number of aliphatic carboxylic acids is 1. The van der Waals surface area contributed by atoms with E-state index in [0.717, 1.165) is 23.8 Å². The van der Waals surface area contributed by atoms with Gasteiger partial charge in [-0.05, 0) is 50.3 Å². The number of rotatable bonds is 10. The van der Waals surface area contributed by atoms with Gasteiger partial charge in [-0.1, -0.05) is 51.1 Å². The van der Waals surface area contributed by atoms with Crippen LogP contribution in [0.25, 0.3) is 5.69 Å². The number of alkyl carbamates (subject to hydrolysis) is 1. The molecule has 0 aliphatic carbocycles. The second-order valence-electron chi connectivity index (χ2n) is 12.5. The molecule has 0 saturated heterocycles. The Balaban J connectivity index is 2.06. The summed E-state index contributed by atoms with van der Waals surface area (Å²) in [5.41, 5.74) is 0.538. The van der Waals surface area contributed by atoms with Crippen LogP contribution >= 0.6 is 0 Å². The van der Waals surface area contributed by atoms with Crippen LogP contribution in [0.4, 0.5) is 13.6 Å². The zero-order valence-electron chi connectivity index (χ0n) is 25.6. The van der Waals surface area contributed by atoms with Gasteiger partial charge in [0, 0.05) is 37.7 Å². The maximum atomic E-state index is 14.8. The van der Waals surface area contributed by atoms with Gasteiger partial charge in [-0.3, -0.25) is 4.79 Å². The van der Waals surface area contributed by atoms with Crippen molar-refractivity contribution in [3.63, 3.8) is 0 Å². The third-order valence-corrected chi connectivity index (χ3v) is 6.66. The summed E-state index contributed by atoms with van der Waals surface area (Å²) in [6, 6.07) is 10.6. The molecule has 0 unspecified atom stereocenters. The Kier molecular flexibility index (Phi) is 10.3. The van der Waals surface area contributed by atoms with E-state index in [2.05, 4.69) is 5.32 Å². The number of amides is 2. The van der Waals surface area contributed by atoms with Crippen molar-refractivity contribution >= 4 is 18.0 Å². The average molecular weight is 599 g/mol. The predicted molar refractivity (Wildman–Crippen MR) is 158 cm³/mol. The highest BCUT2D eigenvalue weighted by Gasteiger charge is 2.38. The molecule has 0 saturated carbocycles. The molecule has 1 heterocycles. The molecule has 0 spiro atoms. The summed E-state index contributed by atoms with van der Waals surface area (Å²) >= 11 is 0. The number of hydrogen-bond acceptors (Lipinski definition) is 5. The zero-order chi connectivity index (χ0) is 32.1. The number of halogens is 2. The summed E-state index contributed by atoms with van der Waals surface area (Å²) in [6.45, 7) is 12.0. The molecule has 0 radical (unpaired) electrons. The normalized spacial score (nSPS) is 13.2. The standard InChI is InChI=1S/C32H40F2N4O5/c1-20(39)37(16-15-25(29(40)41)35-30(42)43-32(5,6)7)28(31(2,3)4)27-22(17-21-11-9-8-10-12-21)19-38(36-27)26-18-23(33)13-14-24(26)34/h8-14,18-19,25,28H,15-17H2,1-7H3,(H,35,42)(H,40,41)/t25-,28-/m0/s1. The second kappa shape index (κ2) is 13.4. The smallest absolute Gasteiger partial charge is 0.408 e. The molecule has 3 rings (SSSR count). The molecule has 0 aliphatic rings. The number of nitrogens with zero attached hydrogens (tertiary/aromatic N) is 3. The van der Waals surface area contributed by atoms with Crippen molar-refractivity contribution in [2.45, 2.75) is 79.0 Å². The van der Waals surface area contributed by atoms with Crippen molar-refractivity contribution in [1.29, 1.82) is 0 Å². The molecular formula is C32H40F2N4O5. The van der Waals surface area contributed by atoms with Gasteiger partial charge >= 0.3 is 12.1 Å². The second-order valence-corrected chi connectivity index (χ2v) is 12.5. The largest absolute Gasteiger partial charge is 0.480 e. The number of carbonyl (C=O) groups excluding carboxylic acids is 2. The first-order valence-electron chi connectivity index (χ1n) is 14.0. The molecule has 11 heteroatoms. The Morgan fingerprint density at radius 1 is 1.05 bits per heavy atom. The summed E-state index contributed by atoms with van der Waals surface area (Å²) in [5, 5.41) is 16.9. The predicted octanol–water partition coefficient (Wildman–Crippen LogP) is 6.05. The topological polar surface area (TPSA) is 114 Å². The van der Waals surface area contributed by atoms with Crippen LogP contribution in [-0.4, -0.2) is 55.9 Å². The highest BCUT2D eigenvalue weighted by molar-refractivity contribution is 5.80. The molecule has 43 heavy (non-hydrogen) atoms. The van der Waals surface area contributed by atoms with Gasteiger partial charge in [0.15, 0.2) is 0 Å². The quantitative estimate of drug-likeness (QED) is 0.294. The molecule has 2 N–H and O–H groups in total. The molecular weight excluding hydrogens is 558 g/mol. The van der Waals surface area contributed by atoms with Gasteiger partial charge in [-0.15, -0.1) is 0 Å². The first kappa shape index (κ1) is 33.2. The molecule has 0 fully saturated rings. The Morgan fingerprint density at radius 2 is 1.70 bits per heavy atom. The minimum Gasteiger partial charge on any atom is -0.480 e. The summed E-state index contributed by atoms with van der Waals surface area (Å²) in [4.78, 5) is 39.0. The number of hydrogen-bond donors (Lipinski definition) is 2. The van der Waals surface area contributed by atoms with E-state index in [-0.39, 0.29) is 24.6 Å². The fourth-order valence-electron chi connectivity index (χ4n) is 4.86. The van der Waals surface area contributed by atoms with Crippen LogP contribution in [0.1, 0.15) is 77.7 Å². The van der Waals surface area contributed by atoms with Gasteiger partial charge in [0.05, 0.1) is 11.7 Å². The van der Waals surface area contributed by atoms with Crippen LogP contribution in [0.15, 0.2) is 54.7 Å². The van der Waals surface area contributed by atoms with Crippen molar-refractivity contribution in [2.75, 3.05) is 6.54 Å². The molecule has 2 atom stereocenters. The number of aromatic nitrogens is 2. The minimum absolute atomic E-state index is 0.0456. The average Bonchev–Trinajstić information content (AvgIpc) is 3.27. The SMILES string of the molecule is CC(=O)N(CC[C@H](NC(=O)OC(C)(C)C)C(=O)O)[C@@H](c1nn(-c2cc(F)ccc2F)cc1Cc1ccccc1)C(C)(C)C. The lowest BCUT2D eigenvalue weighted by molar-refractivity contribution is -0.141. The number of ether oxygens (including phenoxy) is 1. The van der Waals surface area contributed by atoms with E-state index in [1.807, 2.05) is 51.1 Å². The van der Waals surface area contributed by atoms with E-state index >= 15 is 0 Å². The van der Waals surface area contributed by atoms with Crippen LogP contribution in [0.2, 0.25) is 0 Å². The van der Waals surface area contributed by atoms with Crippen molar-refractivity contribution < 1.29 is 33.0 Å². The molecule has 9 nitrogen and oxygen atoms in total. The molecule has 232 valence electrons. The van der Waals surface area contributed by atoms with Crippen molar-refractivity contribution in [2.24, 2.45) is 5.41 Å². The van der Waals surface area contributed by atoms with Crippen LogP contribution in [0.3, 0.4) is 0 Å². The number of nitrogens with one attached hydrogen (secondary N) is 1. The van der Waals surface area contributed by atoms with E-state index in [1.165, 1.54) is 16.5 Å². The van der Waals surface area contributed by atoms with Crippen LogP contribution < -0.4 is 5.32 Å². The molecule has 0 aliphatic heterocycles. The zero-order valence-corrected chi connectivity index (χ0v) is 25.6. The number of carbonyl (C=O) groups is 3. The Morgan fingerprint density at radius 3 is 2.26 bits per heavy atom. The molecule has 2 aromatic carbocycles. The number of carboxylic acid groups (broad SMARTS) is 1. The van der Waals surface area contributed by atoms with Crippen LogP contribution in [0, 0.1) is 17.0 Å². The molecule has 2 amide bonds. The monoisotopic (exact) mass is 598 g/mol. The van der Waals surface area contributed by atoms with Crippen molar-refractivity contribution in [3.8, 4) is 5.69 Å². The lowest BCUT2D eigenvalue weighted by Gasteiger charge is -2.40. The summed E-state index contributed by atoms with van der Waals surface area (Å²) < 4.78 is 35.5. The van der Waals surface area contributed by atoms with Gasteiger partial charge in [-0.25, -0.2) is 23.1 Å². The minimum atomic E-state index is -1.33. The van der Waals surface area contributed by atoms with Crippen LogP contribution in [0.5, 0.6) is 0 Å². The van der Waals surface area contributed by atoms with Crippen LogP contribution in [-0.2, 0) is 20.7 Å². The van der Waals surface area contributed by atoms with Gasteiger partial charge in [-0.2, -0.15) is 5.10 Å². The summed E-state index contributed by atoms with van der Waals surface area (Å²) in [7, 11) is 0. The van der Waals surface area contributed by atoms with Gasteiger partial charge in [0.1, 0.15) is 29.0 Å². The first-order valence-corrected chi connectivity index (χ1v) is 14.0. The van der Waals surface area contributed by atoms with Gasteiger partial charge in [0.25, 0.3) is 0 Å². The number of benzene rings is 2. The highest BCUT2D eigenvalue weighted by Crippen LogP contribution is 2.40. The van der Waals surface area contributed by atoms with Crippen molar-refractivity contribution in [1.82, 2.24) is 20.0 Å². The fraction of sp³-hybridized carbons (Fsp3) is 0.438. The Labute approximate surface area is 250 Å². The maximum Gasteiger partial charge on any atom is 0.408 e. The van der Waals surface area contributed by atoms with Gasteiger partial charge in [0.2, 0.25) is 5.91 Å². The lowest BCUT2D eigenvalue weighted by Crippen LogP contribution is -2.47. The number of carboxylic acids is 1. The van der Waals surface area contributed by atoms with E-state index < -0.39 is 46.8 Å². The highest BCUT2D eigenvalue weighted by atomic mass is 19.1. The molecule has 3 aromatic rings. The molecule has 0 bridgehead atoms. The summed E-state index contributed by atoms with van der Waals surface area (Å²) in [5.74, 6) is -2.93. The van der Waals surface area contributed by atoms with E-state index in [1.54, 1.807) is 27.0 Å². The third-order valence-electron chi connectivity index (χ3n) is 6.66. The Hall–Kier alpha value is -4.28. The summed E-state index contributed by atoms with van der Waals surface area (Å²) in [6.07, 6.45) is 1.02. The van der Waals surface area contributed by atoms with E-state index in [0.29, 0.717) is 17.7 Å². The van der Waals surface area contributed by atoms with E-state index in [4.69, 9.17) is 9.84 Å². The fourth-order valence-corrected chi connectivity index (χ4v) is 4.86. The maximum absolute atomic E-state index is 14.8. The third kappa shape index (κ3) is 9.10. The lowest BCUT2D eigenvalue weighted by atomic mass is 9.81. The van der Waals surface area contributed by atoms with Crippen molar-refractivity contribution in [3.05, 3.63) is 83.2 Å². The Bertz CT molecular complexity index is 1440. The van der Waals surface area contributed by atoms with E-state index in [9.17, 15) is 28.3 Å².